The van der Waals surface area contributed by atoms with Gasteiger partial charge in [0.15, 0.2) is 0 Å². The van der Waals surface area contributed by atoms with E-state index in [1.807, 2.05) is 36.7 Å². The van der Waals surface area contributed by atoms with E-state index in [1.165, 1.54) is 0 Å². The van der Waals surface area contributed by atoms with Crippen LogP contribution in [0.2, 0.25) is 0 Å². The van der Waals surface area contributed by atoms with Gasteiger partial charge in [-0.1, -0.05) is 0 Å². The molecule has 4 heteroatoms. The second-order valence-corrected chi connectivity index (χ2v) is 4.92. The standard InChI is InChI=1S/C13H20N2O2/c1-9(2)14-12-5-4-6-15(13(12)16)10-7-11(8-10)17-3/h4-6,9-11,14H,7-8H2,1-3H3. The van der Waals surface area contributed by atoms with Crippen molar-refractivity contribution in [3.8, 4) is 0 Å². The summed E-state index contributed by atoms with van der Waals surface area (Å²) in [5.41, 5.74) is 0.754. The van der Waals surface area contributed by atoms with Crippen molar-refractivity contribution in [1.29, 1.82) is 0 Å². The molecule has 1 aliphatic carbocycles. The Labute approximate surface area is 102 Å². The molecule has 0 spiro atoms. The van der Waals surface area contributed by atoms with E-state index in [9.17, 15) is 4.79 Å². The Bertz CT molecular complexity index is 433. The lowest BCUT2D eigenvalue weighted by molar-refractivity contribution is 0.00521. The van der Waals surface area contributed by atoms with Gasteiger partial charge >= 0.3 is 0 Å². The molecule has 1 aliphatic rings. The van der Waals surface area contributed by atoms with Crippen LogP contribution >= 0.6 is 0 Å². The van der Waals surface area contributed by atoms with Crippen LogP contribution in [-0.2, 0) is 4.74 Å². The number of nitrogens with zero attached hydrogens (tertiary/aromatic N) is 1. The Balaban J connectivity index is 2.16. The summed E-state index contributed by atoms with van der Waals surface area (Å²) in [6, 6.07) is 4.32. The van der Waals surface area contributed by atoms with Gasteiger partial charge < -0.3 is 14.6 Å². The third kappa shape index (κ3) is 2.52. The zero-order valence-corrected chi connectivity index (χ0v) is 10.6. The molecule has 0 amide bonds. The van der Waals surface area contributed by atoms with Gasteiger partial charge in [-0.3, -0.25) is 4.79 Å². The molecule has 0 aliphatic heterocycles. The molecular weight excluding hydrogens is 216 g/mol. The lowest BCUT2D eigenvalue weighted by Crippen LogP contribution is -2.38. The second-order valence-electron chi connectivity index (χ2n) is 4.92. The monoisotopic (exact) mass is 236 g/mol. The summed E-state index contributed by atoms with van der Waals surface area (Å²) in [6.07, 6.45) is 4.04. The summed E-state index contributed by atoms with van der Waals surface area (Å²) < 4.78 is 7.06. The van der Waals surface area contributed by atoms with Crippen molar-refractivity contribution in [2.45, 2.75) is 44.9 Å². The Hall–Kier alpha value is -1.29. The predicted molar refractivity (Wildman–Crippen MR) is 68.5 cm³/mol. The zero-order chi connectivity index (χ0) is 12.4. The number of methoxy groups -OCH3 is 1. The third-order valence-corrected chi connectivity index (χ3v) is 3.22. The van der Waals surface area contributed by atoms with Crippen LogP contribution in [-0.4, -0.2) is 23.8 Å². The van der Waals surface area contributed by atoms with E-state index in [2.05, 4.69) is 5.32 Å². The van der Waals surface area contributed by atoms with Crippen molar-refractivity contribution >= 4 is 5.69 Å². The van der Waals surface area contributed by atoms with E-state index in [0.29, 0.717) is 17.8 Å². The number of hydrogen-bond acceptors (Lipinski definition) is 3. The molecule has 0 saturated heterocycles. The highest BCUT2D eigenvalue weighted by Crippen LogP contribution is 2.33. The molecule has 2 rings (SSSR count). The average molecular weight is 236 g/mol. The Morgan fingerprint density at radius 2 is 2.18 bits per heavy atom. The molecule has 1 aromatic heterocycles. The minimum absolute atomic E-state index is 0.0701. The molecule has 0 bridgehead atoms. The van der Waals surface area contributed by atoms with Gasteiger partial charge in [-0.15, -0.1) is 0 Å². The van der Waals surface area contributed by atoms with E-state index in [4.69, 9.17) is 4.74 Å². The largest absolute Gasteiger partial charge is 0.381 e. The first kappa shape index (κ1) is 12.2. The first-order chi connectivity index (χ1) is 8.11. The van der Waals surface area contributed by atoms with Crippen molar-refractivity contribution in [3.05, 3.63) is 28.7 Å². The number of ether oxygens (including phenoxy) is 1. The molecular formula is C13H20N2O2. The molecule has 0 unspecified atom stereocenters. The fourth-order valence-electron chi connectivity index (χ4n) is 2.18. The summed E-state index contributed by atoms with van der Waals surface area (Å²) in [5.74, 6) is 0. The topological polar surface area (TPSA) is 43.3 Å². The van der Waals surface area contributed by atoms with Crippen molar-refractivity contribution in [1.82, 2.24) is 4.57 Å². The Morgan fingerprint density at radius 3 is 2.76 bits per heavy atom. The van der Waals surface area contributed by atoms with Crippen LogP contribution in [0.5, 0.6) is 0 Å². The molecule has 1 aromatic rings. The van der Waals surface area contributed by atoms with Crippen LogP contribution in [0, 0.1) is 0 Å². The molecule has 1 saturated carbocycles. The number of anilines is 1. The quantitative estimate of drug-likeness (QED) is 0.869. The molecule has 0 aromatic carbocycles. The van der Waals surface area contributed by atoms with Gasteiger partial charge in [-0.05, 0) is 38.8 Å². The number of nitrogens with one attached hydrogen (secondary N) is 1. The number of pyridine rings is 1. The SMILES string of the molecule is COC1CC(n2cccc(NC(C)C)c2=O)C1. The van der Waals surface area contributed by atoms with Crippen LogP contribution < -0.4 is 10.9 Å². The summed E-state index contributed by atoms with van der Waals surface area (Å²) in [4.78, 5) is 12.2. The molecule has 17 heavy (non-hydrogen) atoms. The van der Waals surface area contributed by atoms with Crippen molar-refractivity contribution in [2.24, 2.45) is 0 Å². The molecule has 94 valence electrons. The van der Waals surface area contributed by atoms with Gasteiger partial charge in [0, 0.05) is 25.4 Å². The van der Waals surface area contributed by atoms with Gasteiger partial charge in [0.25, 0.3) is 5.56 Å². The Kier molecular flexibility index (Phi) is 3.52. The smallest absolute Gasteiger partial charge is 0.274 e. The van der Waals surface area contributed by atoms with Gasteiger partial charge in [0.1, 0.15) is 5.69 Å². The highest BCUT2D eigenvalue weighted by molar-refractivity contribution is 5.41. The molecule has 1 heterocycles. The molecule has 1 fully saturated rings. The maximum Gasteiger partial charge on any atom is 0.274 e. The lowest BCUT2D eigenvalue weighted by atomic mass is 9.89. The average Bonchev–Trinajstić information content (AvgIpc) is 2.21. The summed E-state index contributed by atoms with van der Waals surface area (Å²) in [7, 11) is 1.72. The van der Waals surface area contributed by atoms with Gasteiger partial charge in [0.2, 0.25) is 0 Å². The van der Waals surface area contributed by atoms with Gasteiger partial charge in [-0.25, -0.2) is 0 Å². The fraction of sp³-hybridized carbons (Fsp3) is 0.615. The number of rotatable bonds is 4. The van der Waals surface area contributed by atoms with Gasteiger partial charge in [-0.2, -0.15) is 0 Å². The normalized spacial score (nSPS) is 23.5. The maximum absolute atomic E-state index is 12.2. The first-order valence-electron chi connectivity index (χ1n) is 6.12. The van der Waals surface area contributed by atoms with E-state index < -0.39 is 0 Å². The number of hydrogen-bond donors (Lipinski definition) is 1. The van der Waals surface area contributed by atoms with Crippen molar-refractivity contribution < 1.29 is 4.74 Å². The fourth-order valence-corrected chi connectivity index (χ4v) is 2.18. The van der Waals surface area contributed by atoms with Crippen LogP contribution in [0.4, 0.5) is 5.69 Å². The van der Waals surface area contributed by atoms with Gasteiger partial charge in [0.05, 0.1) is 6.10 Å². The van der Waals surface area contributed by atoms with Crippen LogP contribution in [0.15, 0.2) is 23.1 Å². The molecule has 0 radical (unpaired) electrons. The van der Waals surface area contributed by atoms with E-state index >= 15 is 0 Å². The summed E-state index contributed by atoms with van der Waals surface area (Å²) in [6.45, 7) is 4.06. The molecule has 1 N–H and O–H groups in total. The van der Waals surface area contributed by atoms with Crippen LogP contribution in [0.25, 0.3) is 0 Å². The minimum atomic E-state index is 0.0701. The maximum atomic E-state index is 12.2. The summed E-state index contributed by atoms with van der Waals surface area (Å²) in [5, 5.41) is 3.18. The number of aromatic nitrogens is 1. The first-order valence-corrected chi connectivity index (χ1v) is 6.12. The van der Waals surface area contributed by atoms with Crippen molar-refractivity contribution in [3.63, 3.8) is 0 Å². The van der Waals surface area contributed by atoms with E-state index in [1.54, 1.807) is 7.11 Å². The third-order valence-electron chi connectivity index (χ3n) is 3.22. The zero-order valence-electron chi connectivity index (χ0n) is 10.6. The Morgan fingerprint density at radius 1 is 1.47 bits per heavy atom. The highest BCUT2D eigenvalue weighted by atomic mass is 16.5. The predicted octanol–water partition coefficient (Wildman–Crippen LogP) is 2.02. The summed E-state index contributed by atoms with van der Waals surface area (Å²) >= 11 is 0. The molecule has 0 atom stereocenters. The lowest BCUT2D eigenvalue weighted by Gasteiger charge is -2.35. The van der Waals surface area contributed by atoms with Crippen molar-refractivity contribution in [2.75, 3.05) is 12.4 Å². The van der Waals surface area contributed by atoms with Crippen LogP contribution in [0.3, 0.4) is 0 Å². The van der Waals surface area contributed by atoms with E-state index in [-0.39, 0.29) is 11.6 Å². The molecule has 4 nitrogen and oxygen atoms in total. The highest BCUT2D eigenvalue weighted by Gasteiger charge is 2.31. The second kappa shape index (κ2) is 4.92. The van der Waals surface area contributed by atoms with E-state index in [0.717, 1.165) is 12.8 Å². The minimum Gasteiger partial charge on any atom is -0.381 e. The van der Waals surface area contributed by atoms with Crippen LogP contribution in [0.1, 0.15) is 32.7 Å².